The van der Waals surface area contributed by atoms with Crippen molar-refractivity contribution in [3.8, 4) is 11.5 Å². The molecule has 10 heteroatoms. The molecule has 2 atom stereocenters. The van der Waals surface area contributed by atoms with Crippen LogP contribution in [0.1, 0.15) is 17.0 Å². The Morgan fingerprint density at radius 2 is 1.91 bits per heavy atom. The Labute approximate surface area is 197 Å². The maximum absolute atomic E-state index is 13.0. The van der Waals surface area contributed by atoms with Crippen LogP contribution in [0.25, 0.3) is 0 Å². The molecule has 3 aromatic rings. The van der Waals surface area contributed by atoms with Crippen molar-refractivity contribution in [3.05, 3.63) is 71.8 Å². The zero-order valence-electron chi connectivity index (χ0n) is 19.3. The van der Waals surface area contributed by atoms with E-state index in [4.69, 9.17) is 14.2 Å². The summed E-state index contributed by atoms with van der Waals surface area (Å²) in [5, 5.41) is 7.04. The fourth-order valence-corrected chi connectivity index (χ4v) is 3.89. The van der Waals surface area contributed by atoms with Crippen molar-refractivity contribution in [2.24, 2.45) is 0 Å². The summed E-state index contributed by atoms with van der Waals surface area (Å²) >= 11 is 0. The molecule has 1 aromatic heterocycles. The summed E-state index contributed by atoms with van der Waals surface area (Å²) in [6, 6.07) is 13.7. The summed E-state index contributed by atoms with van der Waals surface area (Å²) in [7, 11) is 3.15. The van der Waals surface area contributed by atoms with Crippen LogP contribution in [-0.2, 0) is 29.2 Å². The molecule has 2 heterocycles. The van der Waals surface area contributed by atoms with Gasteiger partial charge in [-0.3, -0.25) is 9.48 Å². The Hall–Kier alpha value is -4.08. The van der Waals surface area contributed by atoms with Gasteiger partial charge in [0.15, 0.2) is 0 Å². The van der Waals surface area contributed by atoms with Gasteiger partial charge in [-0.25, -0.2) is 9.78 Å². The Kier molecular flexibility index (Phi) is 6.95. The van der Waals surface area contributed by atoms with Gasteiger partial charge in [-0.05, 0) is 24.6 Å². The normalized spacial score (nSPS) is 17.1. The number of alkyl carbamates (subject to hydrolysis) is 1. The van der Waals surface area contributed by atoms with Gasteiger partial charge in [0.05, 0.1) is 26.8 Å². The van der Waals surface area contributed by atoms with Gasteiger partial charge < -0.3 is 24.4 Å². The second-order valence-electron chi connectivity index (χ2n) is 7.91. The highest BCUT2D eigenvalue weighted by Crippen LogP contribution is 2.30. The zero-order valence-corrected chi connectivity index (χ0v) is 19.3. The predicted molar refractivity (Wildman–Crippen MR) is 122 cm³/mol. The number of amides is 2. The number of carbonyl (C=O) groups excluding carboxylic acids is 2. The molecule has 1 fully saturated rings. The quantitative estimate of drug-likeness (QED) is 0.483. The van der Waals surface area contributed by atoms with Crippen LogP contribution < -0.4 is 14.8 Å². The van der Waals surface area contributed by atoms with E-state index in [0.717, 1.165) is 11.1 Å². The SMILES string of the molecule is COc1ccc(CN2C(=O)[C@@H](NC(=O)OCc3ccccc3)[C@H]2Cn2cnc(C)n2)c(OC)c1. The Bertz CT molecular complexity index is 1150. The molecule has 4 rings (SSSR count). The van der Waals surface area contributed by atoms with Crippen molar-refractivity contribution in [2.45, 2.75) is 38.7 Å². The summed E-state index contributed by atoms with van der Waals surface area (Å²) in [5.41, 5.74) is 1.68. The number of nitrogens with zero attached hydrogens (tertiary/aromatic N) is 4. The summed E-state index contributed by atoms with van der Waals surface area (Å²) in [6.45, 7) is 2.59. The smallest absolute Gasteiger partial charge is 0.408 e. The Morgan fingerprint density at radius 3 is 2.59 bits per heavy atom. The Balaban J connectivity index is 1.47. The van der Waals surface area contributed by atoms with Crippen LogP contribution in [0.15, 0.2) is 54.9 Å². The number of hydrogen-bond acceptors (Lipinski definition) is 7. The number of hydrogen-bond donors (Lipinski definition) is 1. The van der Waals surface area contributed by atoms with Gasteiger partial charge in [-0.15, -0.1) is 0 Å². The molecule has 0 saturated carbocycles. The van der Waals surface area contributed by atoms with Crippen molar-refractivity contribution >= 4 is 12.0 Å². The lowest BCUT2D eigenvalue weighted by Gasteiger charge is -2.47. The highest BCUT2D eigenvalue weighted by atomic mass is 16.5. The molecule has 1 N–H and O–H groups in total. The lowest BCUT2D eigenvalue weighted by Crippen LogP contribution is -2.71. The van der Waals surface area contributed by atoms with E-state index >= 15 is 0 Å². The van der Waals surface area contributed by atoms with Gasteiger partial charge >= 0.3 is 6.09 Å². The van der Waals surface area contributed by atoms with Crippen LogP contribution in [0.4, 0.5) is 4.79 Å². The predicted octanol–water partition coefficient (Wildman–Crippen LogP) is 2.31. The van der Waals surface area contributed by atoms with Gasteiger partial charge in [0.25, 0.3) is 0 Å². The average molecular weight is 466 g/mol. The summed E-state index contributed by atoms with van der Waals surface area (Å²) < 4.78 is 17.7. The number of methoxy groups -OCH3 is 2. The second-order valence-corrected chi connectivity index (χ2v) is 7.91. The third kappa shape index (κ3) is 5.11. The molecule has 2 amide bonds. The first-order chi connectivity index (χ1) is 16.5. The average Bonchev–Trinajstić information content (AvgIpc) is 3.29. The monoisotopic (exact) mass is 465 g/mol. The van der Waals surface area contributed by atoms with E-state index in [2.05, 4.69) is 15.4 Å². The number of β-lactam (4-membered cyclic amide) rings is 1. The number of aryl methyl sites for hydroxylation is 1. The maximum Gasteiger partial charge on any atom is 0.408 e. The first kappa shape index (κ1) is 23.1. The minimum Gasteiger partial charge on any atom is -0.497 e. The van der Waals surface area contributed by atoms with Gasteiger partial charge in [0.2, 0.25) is 5.91 Å². The molecule has 10 nitrogen and oxygen atoms in total. The van der Waals surface area contributed by atoms with Crippen LogP contribution in [0.2, 0.25) is 0 Å². The highest BCUT2D eigenvalue weighted by molar-refractivity contribution is 5.92. The number of carbonyl (C=O) groups is 2. The van der Waals surface area contributed by atoms with E-state index in [1.807, 2.05) is 42.5 Å². The molecular formula is C24H27N5O5. The maximum atomic E-state index is 13.0. The third-order valence-corrected chi connectivity index (χ3v) is 5.68. The minimum atomic E-state index is -0.739. The fraction of sp³-hybridized carbons (Fsp3) is 0.333. The molecule has 178 valence electrons. The number of nitrogens with one attached hydrogen (secondary N) is 1. The molecule has 2 aromatic carbocycles. The molecule has 34 heavy (non-hydrogen) atoms. The summed E-state index contributed by atoms with van der Waals surface area (Å²) in [5.74, 6) is 1.68. The summed E-state index contributed by atoms with van der Waals surface area (Å²) in [4.78, 5) is 31.3. The Morgan fingerprint density at radius 1 is 1.12 bits per heavy atom. The molecule has 1 aliphatic rings. The minimum absolute atomic E-state index is 0.118. The van der Waals surface area contributed by atoms with Crippen molar-refractivity contribution in [3.63, 3.8) is 0 Å². The highest BCUT2D eigenvalue weighted by Gasteiger charge is 2.48. The van der Waals surface area contributed by atoms with E-state index in [9.17, 15) is 9.59 Å². The fourth-order valence-electron chi connectivity index (χ4n) is 3.89. The first-order valence-electron chi connectivity index (χ1n) is 10.8. The van der Waals surface area contributed by atoms with Crippen LogP contribution >= 0.6 is 0 Å². The van der Waals surface area contributed by atoms with E-state index in [1.54, 1.807) is 43.1 Å². The number of aromatic nitrogens is 3. The molecule has 1 saturated heterocycles. The van der Waals surface area contributed by atoms with Gasteiger partial charge in [0, 0.05) is 18.2 Å². The van der Waals surface area contributed by atoms with E-state index < -0.39 is 12.1 Å². The van der Waals surface area contributed by atoms with Crippen LogP contribution in [-0.4, -0.2) is 58.0 Å². The zero-order chi connectivity index (χ0) is 24.1. The van der Waals surface area contributed by atoms with Crippen molar-refractivity contribution in [2.75, 3.05) is 14.2 Å². The lowest BCUT2D eigenvalue weighted by atomic mass is 9.93. The molecule has 0 radical (unpaired) electrons. The molecular weight excluding hydrogens is 438 g/mol. The standard InChI is InChI=1S/C24H27N5O5/c1-16-25-15-28(27-16)13-20-22(26-24(31)34-14-17-7-5-4-6-8-17)23(30)29(20)12-18-9-10-19(32-2)11-21(18)33-3/h4-11,15,20,22H,12-14H2,1-3H3,(H,26,31)/t20-,22+/m1/s1. The second kappa shape index (κ2) is 10.2. The van der Waals surface area contributed by atoms with E-state index in [-0.39, 0.29) is 18.6 Å². The topological polar surface area (TPSA) is 108 Å². The number of ether oxygens (including phenoxy) is 3. The number of benzene rings is 2. The van der Waals surface area contributed by atoms with E-state index in [0.29, 0.717) is 30.4 Å². The molecule has 0 unspecified atom stereocenters. The van der Waals surface area contributed by atoms with Crippen LogP contribution in [0.5, 0.6) is 11.5 Å². The molecule has 0 aliphatic carbocycles. The van der Waals surface area contributed by atoms with E-state index in [1.165, 1.54) is 0 Å². The van der Waals surface area contributed by atoms with Gasteiger partial charge in [-0.1, -0.05) is 30.3 Å². The molecule has 1 aliphatic heterocycles. The van der Waals surface area contributed by atoms with Crippen LogP contribution in [0, 0.1) is 6.92 Å². The van der Waals surface area contributed by atoms with Crippen LogP contribution in [0.3, 0.4) is 0 Å². The van der Waals surface area contributed by atoms with Gasteiger partial charge in [-0.2, -0.15) is 5.10 Å². The lowest BCUT2D eigenvalue weighted by molar-refractivity contribution is -0.153. The van der Waals surface area contributed by atoms with Crippen molar-refractivity contribution < 1.29 is 23.8 Å². The third-order valence-electron chi connectivity index (χ3n) is 5.68. The number of rotatable bonds is 9. The van der Waals surface area contributed by atoms with Gasteiger partial charge in [0.1, 0.15) is 36.3 Å². The summed E-state index contributed by atoms with van der Waals surface area (Å²) in [6.07, 6.45) is 0.957. The largest absolute Gasteiger partial charge is 0.497 e. The molecule has 0 bridgehead atoms. The van der Waals surface area contributed by atoms with Crippen molar-refractivity contribution in [1.82, 2.24) is 25.0 Å². The number of likely N-dealkylation sites (tertiary alicyclic amines) is 1. The first-order valence-corrected chi connectivity index (χ1v) is 10.8. The van der Waals surface area contributed by atoms with Crippen molar-refractivity contribution in [1.29, 1.82) is 0 Å². The molecule has 0 spiro atoms.